The summed E-state index contributed by atoms with van der Waals surface area (Å²) in [5.41, 5.74) is 0.446. The molecule has 0 saturated carbocycles. The lowest BCUT2D eigenvalue weighted by atomic mass is 10.2. The van der Waals surface area contributed by atoms with E-state index in [0.717, 1.165) is 12.1 Å². The van der Waals surface area contributed by atoms with Gasteiger partial charge in [-0.3, -0.25) is 4.79 Å². The van der Waals surface area contributed by atoms with Crippen molar-refractivity contribution in [2.45, 2.75) is 6.54 Å². The Bertz CT molecular complexity index is 475. The number of ether oxygens (including phenoxy) is 1. The average Bonchev–Trinajstić information content (AvgIpc) is 2.35. The molecule has 0 heterocycles. The van der Waals surface area contributed by atoms with E-state index in [4.69, 9.17) is 11.2 Å². The summed E-state index contributed by atoms with van der Waals surface area (Å²) in [7, 11) is 1.66. The molecule has 2 N–H and O–H groups in total. The van der Waals surface area contributed by atoms with Gasteiger partial charge in [-0.2, -0.15) is 0 Å². The van der Waals surface area contributed by atoms with Crippen LogP contribution in [0.3, 0.4) is 0 Å². The van der Waals surface area contributed by atoms with Crippen LogP contribution in [0.4, 0.5) is 8.78 Å². The van der Waals surface area contributed by atoms with Crippen molar-refractivity contribution < 1.29 is 18.3 Å². The molecule has 19 heavy (non-hydrogen) atoms. The van der Waals surface area contributed by atoms with Crippen molar-refractivity contribution in [3.05, 3.63) is 29.3 Å². The molecule has 102 valence electrons. The first-order valence-corrected chi connectivity index (χ1v) is 5.54. The lowest BCUT2D eigenvalue weighted by Crippen LogP contribution is -2.29. The number of carbonyl (C=O) groups excluding carboxylic acids is 1. The molecule has 0 aromatic heterocycles. The molecule has 1 aromatic rings. The zero-order chi connectivity index (χ0) is 14.3. The summed E-state index contributed by atoms with van der Waals surface area (Å²) in [6.45, 7) is -0.133. The number of carbonyl (C=O) groups is 1. The van der Waals surface area contributed by atoms with Crippen LogP contribution in [0.1, 0.15) is 5.56 Å². The van der Waals surface area contributed by atoms with E-state index >= 15 is 0 Å². The molecule has 0 unspecified atom stereocenters. The molecule has 1 rings (SSSR count). The molecule has 1 aromatic carbocycles. The molecule has 0 saturated heterocycles. The van der Waals surface area contributed by atoms with Gasteiger partial charge in [-0.15, -0.1) is 6.42 Å². The van der Waals surface area contributed by atoms with Gasteiger partial charge < -0.3 is 15.4 Å². The number of nitrogens with one attached hydrogen (secondary N) is 2. The molecular formula is C13H14F2N2O2. The van der Waals surface area contributed by atoms with Crippen LogP contribution in [-0.2, 0) is 11.3 Å². The van der Waals surface area contributed by atoms with Crippen molar-refractivity contribution in [2.24, 2.45) is 0 Å². The summed E-state index contributed by atoms with van der Waals surface area (Å²) in [5.74, 6) is -0.624. The highest BCUT2D eigenvalue weighted by atomic mass is 19.1. The van der Waals surface area contributed by atoms with Crippen LogP contribution in [0, 0.1) is 24.0 Å². The van der Waals surface area contributed by atoms with Crippen molar-refractivity contribution in [3.8, 4) is 18.1 Å². The Labute approximate surface area is 110 Å². The smallest absolute Gasteiger partial charge is 0.258 e. The maximum Gasteiger partial charge on any atom is 0.258 e. The summed E-state index contributed by atoms with van der Waals surface area (Å²) in [6, 6.07) is 2.29. The minimum Gasteiger partial charge on any atom is -0.478 e. The Hall–Kier alpha value is -2.13. The van der Waals surface area contributed by atoms with E-state index in [1.807, 2.05) is 0 Å². The topological polar surface area (TPSA) is 50.4 Å². The Morgan fingerprint density at radius 3 is 2.58 bits per heavy atom. The predicted molar refractivity (Wildman–Crippen MR) is 66.5 cm³/mol. The molecule has 0 aliphatic heterocycles. The van der Waals surface area contributed by atoms with Gasteiger partial charge in [0.2, 0.25) is 0 Å². The van der Waals surface area contributed by atoms with Gasteiger partial charge in [0.15, 0.2) is 24.0 Å². The van der Waals surface area contributed by atoms with Crippen molar-refractivity contribution in [1.82, 2.24) is 10.6 Å². The van der Waals surface area contributed by atoms with E-state index in [2.05, 4.69) is 16.6 Å². The number of hydrogen-bond donors (Lipinski definition) is 2. The van der Waals surface area contributed by atoms with Gasteiger partial charge in [0, 0.05) is 6.54 Å². The first-order valence-electron chi connectivity index (χ1n) is 5.54. The maximum absolute atomic E-state index is 13.6. The van der Waals surface area contributed by atoms with Crippen LogP contribution in [0.25, 0.3) is 0 Å². The van der Waals surface area contributed by atoms with Gasteiger partial charge in [-0.05, 0) is 24.7 Å². The van der Waals surface area contributed by atoms with Crippen molar-refractivity contribution in [1.29, 1.82) is 0 Å². The van der Waals surface area contributed by atoms with Crippen LogP contribution in [0.2, 0.25) is 0 Å². The molecule has 0 aliphatic carbocycles. The van der Waals surface area contributed by atoms with Crippen LogP contribution in [0.15, 0.2) is 12.1 Å². The Morgan fingerprint density at radius 1 is 1.42 bits per heavy atom. The minimum absolute atomic E-state index is 0.0360. The fourth-order valence-corrected chi connectivity index (χ4v) is 1.39. The SMILES string of the molecule is C#CCNC(=O)COc1c(F)cc(CNC)cc1F. The van der Waals surface area contributed by atoms with Gasteiger partial charge in [-0.25, -0.2) is 8.78 Å². The summed E-state index contributed by atoms with van der Waals surface area (Å²) < 4.78 is 32.0. The minimum atomic E-state index is -0.852. The maximum atomic E-state index is 13.6. The monoisotopic (exact) mass is 268 g/mol. The fourth-order valence-electron chi connectivity index (χ4n) is 1.39. The fraction of sp³-hybridized carbons (Fsp3) is 0.308. The highest BCUT2D eigenvalue weighted by molar-refractivity contribution is 5.77. The van der Waals surface area contributed by atoms with E-state index in [1.165, 1.54) is 0 Å². The van der Waals surface area contributed by atoms with Gasteiger partial charge in [0.25, 0.3) is 5.91 Å². The third-order valence-electron chi connectivity index (χ3n) is 2.17. The van der Waals surface area contributed by atoms with Crippen molar-refractivity contribution in [3.63, 3.8) is 0 Å². The quantitative estimate of drug-likeness (QED) is 0.751. The molecule has 0 atom stereocenters. The molecule has 0 fully saturated rings. The standard InChI is InChI=1S/C13H14F2N2O2/c1-3-4-17-12(18)8-19-13-10(14)5-9(7-16-2)6-11(13)15/h1,5-6,16H,4,7-8H2,2H3,(H,17,18). The number of amides is 1. The second-order valence-electron chi connectivity index (χ2n) is 3.69. The van der Waals surface area contributed by atoms with E-state index in [1.54, 1.807) is 7.05 Å². The molecule has 0 spiro atoms. The number of terminal acetylenes is 1. The lowest BCUT2D eigenvalue weighted by molar-refractivity contribution is -0.122. The second-order valence-corrected chi connectivity index (χ2v) is 3.69. The van der Waals surface area contributed by atoms with E-state index < -0.39 is 29.9 Å². The Kier molecular flexibility index (Phi) is 5.76. The van der Waals surface area contributed by atoms with Crippen LogP contribution >= 0.6 is 0 Å². The molecule has 0 radical (unpaired) electrons. The summed E-state index contributed by atoms with van der Waals surface area (Å²) >= 11 is 0. The van der Waals surface area contributed by atoms with Crippen LogP contribution in [-0.4, -0.2) is 26.1 Å². The summed E-state index contributed by atoms with van der Waals surface area (Å²) in [6.07, 6.45) is 4.95. The first-order chi connectivity index (χ1) is 9.08. The number of benzene rings is 1. The average molecular weight is 268 g/mol. The Balaban J connectivity index is 2.69. The predicted octanol–water partition coefficient (Wildman–Crippen LogP) is 0.812. The van der Waals surface area contributed by atoms with Gasteiger partial charge in [0.1, 0.15) is 0 Å². The highest BCUT2D eigenvalue weighted by Crippen LogP contribution is 2.23. The van der Waals surface area contributed by atoms with E-state index in [-0.39, 0.29) is 6.54 Å². The summed E-state index contributed by atoms with van der Waals surface area (Å²) in [4.78, 5) is 11.2. The van der Waals surface area contributed by atoms with Crippen LogP contribution < -0.4 is 15.4 Å². The molecule has 0 bridgehead atoms. The van der Waals surface area contributed by atoms with E-state index in [9.17, 15) is 13.6 Å². The largest absolute Gasteiger partial charge is 0.478 e. The van der Waals surface area contributed by atoms with Gasteiger partial charge >= 0.3 is 0 Å². The number of halogens is 2. The molecule has 1 amide bonds. The Morgan fingerprint density at radius 2 is 2.05 bits per heavy atom. The normalized spacial score (nSPS) is 9.79. The van der Waals surface area contributed by atoms with Crippen molar-refractivity contribution in [2.75, 3.05) is 20.2 Å². The van der Waals surface area contributed by atoms with Gasteiger partial charge in [0.05, 0.1) is 6.54 Å². The molecule has 6 heteroatoms. The molecule has 0 aliphatic rings. The third kappa shape index (κ3) is 4.56. The second kappa shape index (κ2) is 7.34. The number of hydrogen-bond acceptors (Lipinski definition) is 3. The summed E-state index contributed by atoms with van der Waals surface area (Å²) in [5, 5.41) is 5.09. The molecular weight excluding hydrogens is 254 g/mol. The number of rotatable bonds is 6. The third-order valence-corrected chi connectivity index (χ3v) is 2.17. The lowest BCUT2D eigenvalue weighted by Gasteiger charge is -2.09. The van der Waals surface area contributed by atoms with Crippen LogP contribution in [0.5, 0.6) is 5.75 Å². The molecule has 4 nitrogen and oxygen atoms in total. The highest BCUT2D eigenvalue weighted by Gasteiger charge is 2.14. The zero-order valence-corrected chi connectivity index (χ0v) is 10.4. The zero-order valence-electron chi connectivity index (χ0n) is 10.4. The van der Waals surface area contributed by atoms with Gasteiger partial charge in [-0.1, -0.05) is 5.92 Å². The van der Waals surface area contributed by atoms with Crippen molar-refractivity contribution >= 4 is 5.91 Å². The first kappa shape index (κ1) is 14.9. The van der Waals surface area contributed by atoms with E-state index in [0.29, 0.717) is 12.1 Å².